The molecule has 370 valence electrons. The SMILES string of the molecule is C1CCNCC1.CCCCCCCC/C=C\CCCCCCCCN(CCOCCOCCN(CCCCCCCC/C=C\CCCCCCCC)CC(C)CC)CC(C)CC. The number of piperidine rings is 1. The zero-order valence-corrected chi connectivity index (χ0v) is 43.5. The topological polar surface area (TPSA) is 37.0 Å². The molecule has 5 nitrogen and oxygen atoms in total. The Hall–Kier alpha value is -0.720. The summed E-state index contributed by atoms with van der Waals surface area (Å²) in [6, 6.07) is 0. The van der Waals surface area contributed by atoms with Gasteiger partial charge in [-0.25, -0.2) is 0 Å². The van der Waals surface area contributed by atoms with Crippen LogP contribution in [0, 0.1) is 11.8 Å². The molecule has 0 spiro atoms. The van der Waals surface area contributed by atoms with Crippen LogP contribution in [0.2, 0.25) is 0 Å². The van der Waals surface area contributed by atoms with Gasteiger partial charge in [0.05, 0.1) is 26.4 Å². The molecule has 0 aromatic rings. The smallest absolute Gasteiger partial charge is 0.0701 e. The van der Waals surface area contributed by atoms with E-state index in [1.807, 2.05) is 0 Å². The number of nitrogens with zero attached hydrogens (tertiary/aromatic N) is 2. The van der Waals surface area contributed by atoms with Crippen LogP contribution in [0.5, 0.6) is 0 Å². The van der Waals surface area contributed by atoms with E-state index in [1.54, 1.807) is 0 Å². The first-order valence-electron chi connectivity index (χ1n) is 28.2. The molecule has 62 heavy (non-hydrogen) atoms. The van der Waals surface area contributed by atoms with Crippen LogP contribution in [-0.4, -0.2) is 88.6 Å². The van der Waals surface area contributed by atoms with Gasteiger partial charge in [-0.3, -0.25) is 0 Å². The van der Waals surface area contributed by atoms with Gasteiger partial charge in [-0.05, 0) is 115 Å². The number of allylic oxidation sites excluding steroid dienone is 4. The minimum atomic E-state index is 0.714. The lowest BCUT2D eigenvalue weighted by molar-refractivity contribution is 0.0285. The van der Waals surface area contributed by atoms with Crippen molar-refractivity contribution in [1.29, 1.82) is 0 Å². The largest absolute Gasteiger partial charge is 0.378 e. The van der Waals surface area contributed by atoms with Crippen LogP contribution in [0.15, 0.2) is 24.3 Å². The Labute approximate surface area is 391 Å². The monoisotopic (exact) mass is 874 g/mol. The van der Waals surface area contributed by atoms with Gasteiger partial charge in [0.2, 0.25) is 0 Å². The van der Waals surface area contributed by atoms with Crippen LogP contribution in [0.1, 0.15) is 253 Å². The predicted octanol–water partition coefficient (Wildman–Crippen LogP) is 16.6. The van der Waals surface area contributed by atoms with Crippen molar-refractivity contribution in [2.45, 2.75) is 253 Å². The molecule has 0 saturated carbocycles. The third-order valence-corrected chi connectivity index (χ3v) is 13.2. The van der Waals surface area contributed by atoms with E-state index in [-0.39, 0.29) is 0 Å². The van der Waals surface area contributed by atoms with Crippen molar-refractivity contribution in [1.82, 2.24) is 15.1 Å². The number of hydrogen-bond donors (Lipinski definition) is 1. The van der Waals surface area contributed by atoms with Crippen molar-refractivity contribution >= 4 is 0 Å². The summed E-state index contributed by atoms with van der Waals surface area (Å²) in [4.78, 5) is 5.32. The summed E-state index contributed by atoms with van der Waals surface area (Å²) < 4.78 is 12.2. The molecule has 1 fully saturated rings. The van der Waals surface area contributed by atoms with E-state index in [0.717, 1.165) is 38.1 Å². The minimum Gasteiger partial charge on any atom is -0.378 e. The highest BCUT2D eigenvalue weighted by molar-refractivity contribution is 4.82. The lowest BCUT2D eigenvalue weighted by Gasteiger charge is -2.25. The average Bonchev–Trinajstić information content (AvgIpc) is 3.29. The summed E-state index contributed by atoms with van der Waals surface area (Å²) in [7, 11) is 0. The maximum absolute atomic E-state index is 6.08. The number of rotatable bonds is 47. The fourth-order valence-electron chi connectivity index (χ4n) is 8.41. The van der Waals surface area contributed by atoms with Crippen LogP contribution < -0.4 is 5.32 Å². The van der Waals surface area contributed by atoms with Gasteiger partial charge in [-0.1, -0.05) is 201 Å². The summed E-state index contributed by atoms with van der Waals surface area (Å²) in [5.41, 5.74) is 0. The fraction of sp³-hybridized carbons (Fsp3) is 0.930. The Bertz CT molecular complexity index is 801. The van der Waals surface area contributed by atoms with E-state index < -0.39 is 0 Å². The summed E-state index contributed by atoms with van der Waals surface area (Å²) in [5.74, 6) is 1.50. The summed E-state index contributed by atoms with van der Waals surface area (Å²) in [6.45, 7) is 26.5. The first-order chi connectivity index (χ1) is 30.6. The van der Waals surface area contributed by atoms with Crippen molar-refractivity contribution in [3.63, 3.8) is 0 Å². The zero-order valence-electron chi connectivity index (χ0n) is 43.5. The van der Waals surface area contributed by atoms with Crippen LogP contribution in [0.3, 0.4) is 0 Å². The van der Waals surface area contributed by atoms with Crippen molar-refractivity contribution in [3.05, 3.63) is 24.3 Å². The van der Waals surface area contributed by atoms with Crippen molar-refractivity contribution in [3.8, 4) is 0 Å². The van der Waals surface area contributed by atoms with E-state index in [1.165, 1.54) is 251 Å². The number of nitrogens with one attached hydrogen (secondary N) is 1. The third-order valence-electron chi connectivity index (χ3n) is 13.2. The summed E-state index contributed by atoms with van der Waals surface area (Å²) in [5, 5.41) is 3.28. The lowest BCUT2D eigenvalue weighted by atomic mass is 10.1. The van der Waals surface area contributed by atoms with Crippen LogP contribution in [-0.2, 0) is 9.47 Å². The normalized spacial score (nSPS) is 14.4. The maximum atomic E-state index is 6.08. The average molecular weight is 875 g/mol. The highest BCUT2D eigenvalue weighted by Crippen LogP contribution is 2.14. The van der Waals surface area contributed by atoms with Crippen molar-refractivity contribution in [2.24, 2.45) is 11.8 Å². The molecule has 1 aliphatic heterocycles. The molecule has 1 aliphatic rings. The second-order valence-electron chi connectivity index (χ2n) is 19.5. The third kappa shape index (κ3) is 48.7. The number of ether oxygens (including phenoxy) is 2. The molecule has 0 radical (unpaired) electrons. The summed E-state index contributed by atoms with van der Waals surface area (Å²) >= 11 is 0. The first-order valence-corrected chi connectivity index (χ1v) is 28.2. The Morgan fingerprint density at radius 1 is 0.387 bits per heavy atom. The van der Waals surface area contributed by atoms with Crippen molar-refractivity contribution in [2.75, 3.05) is 78.8 Å². The molecular weight excluding hydrogens is 759 g/mol. The fourth-order valence-corrected chi connectivity index (χ4v) is 8.41. The Kier molecular flexibility index (Phi) is 52.3. The number of hydrogen-bond acceptors (Lipinski definition) is 5. The maximum Gasteiger partial charge on any atom is 0.0701 e. The van der Waals surface area contributed by atoms with E-state index in [0.29, 0.717) is 13.2 Å². The highest BCUT2D eigenvalue weighted by atomic mass is 16.5. The van der Waals surface area contributed by atoms with Gasteiger partial charge in [0.1, 0.15) is 0 Å². The summed E-state index contributed by atoms with van der Waals surface area (Å²) in [6.07, 6.45) is 54.9. The molecule has 0 aromatic carbocycles. The van der Waals surface area contributed by atoms with Gasteiger partial charge >= 0.3 is 0 Å². The molecule has 0 aliphatic carbocycles. The molecule has 1 saturated heterocycles. The van der Waals surface area contributed by atoms with E-state index in [9.17, 15) is 0 Å². The highest BCUT2D eigenvalue weighted by Gasteiger charge is 2.11. The van der Waals surface area contributed by atoms with Gasteiger partial charge in [0, 0.05) is 26.2 Å². The molecule has 2 unspecified atom stereocenters. The van der Waals surface area contributed by atoms with Crippen molar-refractivity contribution < 1.29 is 9.47 Å². The van der Waals surface area contributed by atoms with Gasteiger partial charge in [-0.15, -0.1) is 0 Å². The van der Waals surface area contributed by atoms with Crippen LogP contribution in [0.4, 0.5) is 0 Å². The van der Waals surface area contributed by atoms with Gasteiger partial charge in [0.15, 0.2) is 0 Å². The second kappa shape index (κ2) is 52.9. The lowest BCUT2D eigenvalue weighted by Crippen LogP contribution is -2.33. The molecule has 5 heteroatoms. The Morgan fingerprint density at radius 2 is 0.710 bits per heavy atom. The van der Waals surface area contributed by atoms with E-state index in [4.69, 9.17) is 9.47 Å². The van der Waals surface area contributed by atoms with Gasteiger partial charge in [-0.2, -0.15) is 0 Å². The molecule has 0 amide bonds. The standard InChI is InChI=1S/C52H104N2O2.C5H11N/c1-7-11-13-15-17-19-21-23-25-27-29-31-33-35-37-39-41-53(49-51(5)9-3)43-45-55-47-48-56-46-44-54(50-52(6)10-4)42-40-38-36-34-32-30-28-26-24-22-20-18-16-14-12-8-2;1-2-4-6-5-3-1/h23-26,51-52H,7-22,27-50H2,1-6H3;6H,1-5H2/b25-23-,26-24-;. The molecular formula is C57H115N3O2. The van der Waals surface area contributed by atoms with Crippen LogP contribution in [0.25, 0.3) is 0 Å². The Morgan fingerprint density at radius 3 is 1.00 bits per heavy atom. The molecule has 0 aromatic heterocycles. The quantitative estimate of drug-likeness (QED) is 0.0487. The minimum absolute atomic E-state index is 0.714. The van der Waals surface area contributed by atoms with Gasteiger partial charge in [0.25, 0.3) is 0 Å². The van der Waals surface area contributed by atoms with Gasteiger partial charge < -0.3 is 24.6 Å². The van der Waals surface area contributed by atoms with E-state index in [2.05, 4.69) is 81.0 Å². The number of unbranched alkanes of at least 4 members (excludes halogenated alkanes) is 24. The molecule has 1 heterocycles. The molecule has 0 bridgehead atoms. The van der Waals surface area contributed by atoms with E-state index >= 15 is 0 Å². The molecule has 1 N–H and O–H groups in total. The Balaban J connectivity index is 0.00000566. The van der Waals surface area contributed by atoms with Crippen LogP contribution >= 0.6 is 0 Å². The predicted molar refractivity (Wildman–Crippen MR) is 279 cm³/mol. The molecule has 1 rings (SSSR count). The zero-order chi connectivity index (χ0) is 45.1. The molecule has 2 atom stereocenters. The first kappa shape index (κ1) is 61.3. The second-order valence-corrected chi connectivity index (χ2v) is 19.5.